The Morgan fingerprint density at radius 1 is 1.13 bits per heavy atom. The van der Waals surface area contributed by atoms with E-state index in [1.54, 1.807) is 6.92 Å². The predicted octanol–water partition coefficient (Wildman–Crippen LogP) is 1.67. The molecule has 0 aromatic carbocycles. The fourth-order valence-electron chi connectivity index (χ4n) is 0.751. The van der Waals surface area contributed by atoms with E-state index < -0.39 is 12.1 Å². The molecule has 0 aliphatic heterocycles. The maximum atomic E-state index is 10.7. The first kappa shape index (κ1) is 13.5. The van der Waals surface area contributed by atoms with Crippen LogP contribution < -0.4 is 0 Å². The van der Waals surface area contributed by atoms with E-state index in [1.165, 1.54) is 0 Å². The summed E-state index contributed by atoms with van der Waals surface area (Å²) < 4.78 is 14.0. The van der Waals surface area contributed by atoms with Crippen LogP contribution in [-0.4, -0.2) is 31.9 Å². The molecule has 0 saturated heterocycles. The molecular weight excluding hydrogens is 200 g/mol. The molecule has 0 spiro atoms. The SMILES string of the molecule is C=CC(=O)OCCCCOC(=O)OCC. The molecule has 0 fully saturated rings. The molecule has 0 unspecified atom stereocenters. The van der Waals surface area contributed by atoms with Crippen molar-refractivity contribution in [3.63, 3.8) is 0 Å². The van der Waals surface area contributed by atoms with Crippen molar-refractivity contribution in [1.29, 1.82) is 0 Å². The van der Waals surface area contributed by atoms with Crippen molar-refractivity contribution < 1.29 is 23.8 Å². The van der Waals surface area contributed by atoms with Crippen LogP contribution in [0, 0.1) is 0 Å². The maximum absolute atomic E-state index is 10.7. The molecule has 0 aromatic rings. The van der Waals surface area contributed by atoms with Gasteiger partial charge >= 0.3 is 12.1 Å². The lowest BCUT2D eigenvalue weighted by atomic mass is 10.3. The highest BCUT2D eigenvalue weighted by Crippen LogP contribution is 1.94. The Morgan fingerprint density at radius 3 is 2.27 bits per heavy atom. The Kier molecular flexibility index (Phi) is 8.13. The van der Waals surface area contributed by atoms with Gasteiger partial charge in [-0.1, -0.05) is 6.58 Å². The molecule has 15 heavy (non-hydrogen) atoms. The first-order valence-electron chi connectivity index (χ1n) is 4.79. The second-order valence-corrected chi connectivity index (χ2v) is 2.61. The number of rotatable bonds is 7. The molecule has 0 amide bonds. The van der Waals surface area contributed by atoms with Crippen molar-refractivity contribution in [2.24, 2.45) is 0 Å². The van der Waals surface area contributed by atoms with E-state index in [1.807, 2.05) is 0 Å². The Hall–Kier alpha value is -1.52. The average Bonchev–Trinajstić information content (AvgIpc) is 2.23. The maximum Gasteiger partial charge on any atom is 0.508 e. The number of ether oxygens (including phenoxy) is 3. The monoisotopic (exact) mass is 216 g/mol. The molecule has 5 heteroatoms. The van der Waals surface area contributed by atoms with Crippen LogP contribution in [0.2, 0.25) is 0 Å². The summed E-state index contributed by atoms with van der Waals surface area (Å²) in [7, 11) is 0. The van der Waals surface area contributed by atoms with Crippen molar-refractivity contribution in [2.45, 2.75) is 19.8 Å². The Labute approximate surface area is 89.0 Å². The normalized spacial score (nSPS) is 9.13. The summed E-state index contributed by atoms with van der Waals surface area (Å²) in [4.78, 5) is 21.3. The molecule has 86 valence electrons. The topological polar surface area (TPSA) is 61.8 Å². The van der Waals surface area contributed by atoms with Crippen LogP contribution in [0.4, 0.5) is 4.79 Å². The number of unbranched alkanes of at least 4 members (excludes halogenated alkanes) is 1. The van der Waals surface area contributed by atoms with E-state index in [9.17, 15) is 9.59 Å². The zero-order valence-electron chi connectivity index (χ0n) is 8.86. The van der Waals surface area contributed by atoms with Crippen molar-refractivity contribution in [3.05, 3.63) is 12.7 Å². The van der Waals surface area contributed by atoms with Gasteiger partial charge in [-0.2, -0.15) is 0 Å². The molecule has 0 aromatic heterocycles. The molecule has 0 rings (SSSR count). The average molecular weight is 216 g/mol. The van der Waals surface area contributed by atoms with Crippen LogP contribution in [-0.2, 0) is 19.0 Å². The number of carbonyl (C=O) groups is 2. The minimum Gasteiger partial charge on any atom is -0.463 e. The first-order chi connectivity index (χ1) is 7.20. The van der Waals surface area contributed by atoms with Gasteiger partial charge < -0.3 is 14.2 Å². The van der Waals surface area contributed by atoms with Gasteiger partial charge in [-0.25, -0.2) is 9.59 Å². The van der Waals surface area contributed by atoms with E-state index in [2.05, 4.69) is 11.3 Å². The molecule has 0 aliphatic carbocycles. The van der Waals surface area contributed by atoms with Gasteiger partial charge in [0, 0.05) is 6.08 Å². The van der Waals surface area contributed by atoms with Crippen LogP contribution in [0.15, 0.2) is 12.7 Å². The van der Waals surface area contributed by atoms with Crippen molar-refractivity contribution in [2.75, 3.05) is 19.8 Å². The lowest BCUT2D eigenvalue weighted by Crippen LogP contribution is -2.09. The summed E-state index contributed by atoms with van der Waals surface area (Å²) in [5.74, 6) is -0.443. The third-order valence-corrected chi connectivity index (χ3v) is 1.43. The Balaban J connectivity index is 3.21. The van der Waals surface area contributed by atoms with E-state index in [0.717, 1.165) is 6.08 Å². The molecule has 5 nitrogen and oxygen atoms in total. The molecule has 0 radical (unpaired) electrons. The minimum absolute atomic E-state index is 0.268. The van der Waals surface area contributed by atoms with Gasteiger partial charge in [0.15, 0.2) is 0 Å². The molecule has 0 bridgehead atoms. The van der Waals surface area contributed by atoms with Gasteiger partial charge in [-0.05, 0) is 19.8 Å². The smallest absolute Gasteiger partial charge is 0.463 e. The highest BCUT2D eigenvalue weighted by Gasteiger charge is 2.01. The van der Waals surface area contributed by atoms with Crippen molar-refractivity contribution in [3.8, 4) is 0 Å². The van der Waals surface area contributed by atoms with E-state index in [-0.39, 0.29) is 6.61 Å². The van der Waals surface area contributed by atoms with E-state index >= 15 is 0 Å². The van der Waals surface area contributed by atoms with E-state index in [0.29, 0.717) is 26.1 Å². The fraction of sp³-hybridized carbons (Fsp3) is 0.600. The molecule has 0 atom stereocenters. The molecule has 0 N–H and O–H groups in total. The zero-order valence-corrected chi connectivity index (χ0v) is 8.86. The van der Waals surface area contributed by atoms with Gasteiger partial charge in [0.05, 0.1) is 19.8 Å². The van der Waals surface area contributed by atoms with Crippen LogP contribution in [0.1, 0.15) is 19.8 Å². The Morgan fingerprint density at radius 2 is 1.73 bits per heavy atom. The quantitative estimate of drug-likeness (QED) is 0.368. The third kappa shape index (κ3) is 8.80. The lowest BCUT2D eigenvalue weighted by Gasteiger charge is -2.04. The van der Waals surface area contributed by atoms with Crippen LogP contribution in [0.3, 0.4) is 0 Å². The van der Waals surface area contributed by atoms with Crippen LogP contribution >= 0.6 is 0 Å². The molecule has 0 saturated carbocycles. The third-order valence-electron chi connectivity index (χ3n) is 1.43. The van der Waals surface area contributed by atoms with Gasteiger partial charge in [-0.3, -0.25) is 0 Å². The van der Waals surface area contributed by atoms with Crippen LogP contribution in [0.5, 0.6) is 0 Å². The van der Waals surface area contributed by atoms with Crippen LogP contribution in [0.25, 0.3) is 0 Å². The van der Waals surface area contributed by atoms with Crippen molar-refractivity contribution in [1.82, 2.24) is 0 Å². The molecular formula is C10H16O5. The number of hydrogen-bond acceptors (Lipinski definition) is 5. The standard InChI is InChI=1S/C10H16O5/c1-3-9(11)14-7-5-6-8-15-10(12)13-4-2/h3H,1,4-8H2,2H3. The van der Waals surface area contributed by atoms with Crippen molar-refractivity contribution >= 4 is 12.1 Å². The summed E-state index contributed by atoms with van der Waals surface area (Å²) >= 11 is 0. The summed E-state index contributed by atoms with van der Waals surface area (Å²) in [5, 5.41) is 0. The first-order valence-corrected chi connectivity index (χ1v) is 4.79. The summed E-state index contributed by atoms with van der Waals surface area (Å²) in [5.41, 5.74) is 0. The Bertz CT molecular complexity index is 212. The van der Waals surface area contributed by atoms with E-state index in [4.69, 9.17) is 9.47 Å². The highest BCUT2D eigenvalue weighted by molar-refractivity contribution is 5.81. The lowest BCUT2D eigenvalue weighted by molar-refractivity contribution is -0.137. The second-order valence-electron chi connectivity index (χ2n) is 2.61. The predicted molar refractivity (Wildman–Crippen MR) is 53.4 cm³/mol. The largest absolute Gasteiger partial charge is 0.508 e. The van der Waals surface area contributed by atoms with Gasteiger partial charge in [0.25, 0.3) is 0 Å². The summed E-state index contributed by atoms with van der Waals surface area (Å²) in [6.45, 7) is 5.84. The highest BCUT2D eigenvalue weighted by atomic mass is 16.7. The van der Waals surface area contributed by atoms with Gasteiger partial charge in [0.2, 0.25) is 0 Å². The molecule has 0 aliphatic rings. The van der Waals surface area contributed by atoms with Gasteiger partial charge in [-0.15, -0.1) is 0 Å². The summed E-state index contributed by atoms with van der Waals surface area (Å²) in [6, 6.07) is 0. The minimum atomic E-state index is -0.666. The fourth-order valence-corrected chi connectivity index (χ4v) is 0.751. The zero-order chi connectivity index (χ0) is 11.5. The van der Waals surface area contributed by atoms with Gasteiger partial charge in [0.1, 0.15) is 0 Å². The second kappa shape index (κ2) is 9.05. The number of esters is 1. The summed E-state index contributed by atoms with van der Waals surface area (Å²) in [6.07, 6.45) is 1.71. The number of hydrogen-bond donors (Lipinski definition) is 0. The number of carbonyl (C=O) groups excluding carboxylic acids is 2. The molecule has 0 heterocycles.